The molecule has 0 saturated heterocycles. The van der Waals surface area contributed by atoms with Gasteiger partial charge in [-0.2, -0.15) is 0 Å². The van der Waals surface area contributed by atoms with Crippen LogP contribution in [0.1, 0.15) is 12.1 Å². The van der Waals surface area contributed by atoms with Crippen LogP contribution >= 0.6 is 15.9 Å². The molecule has 3 rings (SSSR count). The lowest BCUT2D eigenvalue weighted by Gasteiger charge is -2.06. The highest BCUT2D eigenvalue weighted by Gasteiger charge is 2.06. The summed E-state index contributed by atoms with van der Waals surface area (Å²) in [6.45, 7) is 0. The molecule has 6 heteroatoms. The first kappa shape index (κ1) is 12.9. The molecule has 3 heterocycles. The molecule has 0 aliphatic carbocycles. The Morgan fingerprint density at radius 1 is 1.40 bits per heavy atom. The van der Waals surface area contributed by atoms with Crippen molar-refractivity contribution in [2.24, 2.45) is 0 Å². The quantitative estimate of drug-likeness (QED) is 0.771. The van der Waals surface area contributed by atoms with Gasteiger partial charge in [-0.25, -0.2) is 4.98 Å². The van der Waals surface area contributed by atoms with Crippen LogP contribution in [0.4, 0.5) is 5.69 Å². The molecule has 0 spiro atoms. The molecular formula is C14H13BrN4O. The number of amides is 1. The van der Waals surface area contributed by atoms with Gasteiger partial charge in [0.2, 0.25) is 5.91 Å². The van der Waals surface area contributed by atoms with Crippen molar-refractivity contribution >= 4 is 33.2 Å². The number of aryl methyl sites for hydroxylation is 1. The van der Waals surface area contributed by atoms with Gasteiger partial charge in [0.25, 0.3) is 0 Å². The predicted octanol–water partition coefficient (Wildman–Crippen LogP) is 3.00. The topological polar surface area (TPSA) is 62.2 Å². The lowest BCUT2D eigenvalue weighted by molar-refractivity contribution is -0.116. The zero-order chi connectivity index (χ0) is 13.9. The number of imidazole rings is 1. The molecule has 102 valence electrons. The summed E-state index contributed by atoms with van der Waals surface area (Å²) >= 11 is 3.41. The average Bonchev–Trinajstić information content (AvgIpc) is 3.07. The Labute approximate surface area is 124 Å². The van der Waals surface area contributed by atoms with Gasteiger partial charge in [-0.1, -0.05) is 0 Å². The van der Waals surface area contributed by atoms with Crippen LogP contribution in [0.2, 0.25) is 0 Å². The average molecular weight is 333 g/mol. The fourth-order valence-electron chi connectivity index (χ4n) is 2.02. The SMILES string of the molecule is O=C(CCc1ccc[nH]1)Nc1ccc2ncc(Br)n2c1. The first-order valence-corrected chi connectivity index (χ1v) is 7.06. The molecule has 1 amide bonds. The smallest absolute Gasteiger partial charge is 0.224 e. The third-order valence-electron chi connectivity index (χ3n) is 3.03. The molecule has 2 N–H and O–H groups in total. The number of anilines is 1. The minimum absolute atomic E-state index is 0.00446. The minimum Gasteiger partial charge on any atom is -0.365 e. The van der Waals surface area contributed by atoms with Crippen LogP contribution in [0.15, 0.2) is 47.5 Å². The van der Waals surface area contributed by atoms with Crippen molar-refractivity contribution < 1.29 is 4.79 Å². The highest BCUT2D eigenvalue weighted by Crippen LogP contribution is 2.16. The fourth-order valence-corrected chi connectivity index (χ4v) is 2.41. The number of carbonyl (C=O) groups excluding carboxylic acids is 1. The second kappa shape index (κ2) is 5.50. The number of hydrogen-bond acceptors (Lipinski definition) is 2. The second-order valence-electron chi connectivity index (χ2n) is 4.47. The number of fused-ring (bicyclic) bond motifs is 1. The standard InChI is InChI=1S/C14H13BrN4O/c15-12-8-17-13-5-3-11(9-19(12)13)18-14(20)6-4-10-2-1-7-16-10/h1-3,5,7-9,16H,4,6H2,(H,18,20). The third-order valence-corrected chi connectivity index (χ3v) is 3.61. The maximum Gasteiger partial charge on any atom is 0.224 e. The molecule has 3 aromatic rings. The molecule has 0 aliphatic heterocycles. The molecule has 0 bridgehead atoms. The summed E-state index contributed by atoms with van der Waals surface area (Å²) in [6.07, 6.45) is 6.59. The number of halogens is 1. The molecule has 0 saturated carbocycles. The third kappa shape index (κ3) is 2.75. The van der Waals surface area contributed by atoms with Crippen molar-refractivity contribution in [1.82, 2.24) is 14.4 Å². The van der Waals surface area contributed by atoms with Crippen LogP contribution < -0.4 is 5.32 Å². The van der Waals surface area contributed by atoms with E-state index in [1.54, 1.807) is 6.20 Å². The van der Waals surface area contributed by atoms with Crippen LogP contribution in [0, 0.1) is 0 Å². The molecular weight excluding hydrogens is 320 g/mol. The Bertz CT molecular complexity index is 733. The summed E-state index contributed by atoms with van der Waals surface area (Å²) in [5.74, 6) is -0.00446. The van der Waals surface area contributed by atoms with Crippen molar-refractivity contribution in [2.75, 3.05) is 5.32 Å². The van der Waals surface area contributed by atoms with E-state index < -0.39 is 0 Å². The zero-order valence-electron chi connectivity index (χ0n) is 10.6. The van der Waals surface area contributed by atoms with E-state index in [-0.39, 0.29) is 5.91 Å². The van der Waals surface area contributed by atoms with Gasteiger partial charge < -0.3 is 10.3 Å². The summed E-state index contributed by atoms with van der Waals surface area (Å²) in [5, 5.41) is 2.89. The number of carbonyl (C=O) groups is 1. The van der Waals surface area contributed by atoms with E-state index in [0.717, 1.165) is 21.6 Å². The lowest BCUT2D eigenvalue weighted by atomic mass is 10.2. The maximum absolute atomic E-state index is 11.9. The lowest BCUT2D eigenvalue weighted by Crippen LogP contribution is -2.12. The Hall–Kier alpha value is -2.08. The van der Waals surface area contributed by atoms with E-state index in [1.165, 1.54) is 0 Å². The van der Waals surface area contributed by atoms with E-state index in [0.29, 0.717) is 12.8 Å². The molecule has 0 aliphatic rings. The number of rotatable bonds is 4. The molecule has 20 heavy (non-hydrogen) atoms. The Balaban J connectivity index is 1.66. The number of aromatic amines is 1. The van der Waals surface area contributed by atoms with Crippen LogP contribution in [-0.2, 0) is 11.2 Å². The van der Waals surface area contributed by atoms with E-state index >= 15 is 0 Å². The number of nitrogens with zero attached hydrogens (tertiary/aromatic N) is 2. The van der Waals surface area contributed by atoms with Crippen LogP contribution in [-0.4, -0.2) is 20.3 Å². The summed E-state index contributed by atoms with van der Waals surface area (Å²) in [5.41, 5.74) is 2.65. The molecule has 0 radical (unpaired) electrons. The summed E-state index contributed by atoms with van der Waals surface area (Å²) in [6, 6.07) is 7.62. The monoisotopic (exact) mass is 332 g/mol. The zero-order valence-corrected chi connectivity index (χ0v) is 12.2. The Kier molecular flexibility index (Phi) is 3.56. The van der Waals surface area contributed by atoms with Crippen molar-refractivity contribution in [2.45, 2.75) is 12.8 Å². The largest absolute Gasteiger partial charge is 0.365 e. The molecule has 5 nitrogen and oxygen atoms in total. The first-order chi connectivity index (χ1) is 9.72. The molecule has 0 atom stereocenters. The Morgan fingerprint density at radius 3 is 3.10 bits per heavy atom. The molecule has 3 aromatic heterocycles. The number of aromatic nitrogens is 3. The van der Waals surface area contributed by atoms with Crippen molar-refractivity contribution in [3.8, 4) is 0 Å². The first-order valence-electron chi connectivity index (χ1n) is 6.27. The highest BCUT2D eigenvalue weighted by atomic mass is 79.9. The fraction of sp³-hybridized carbons (Fsp3) is 0.143. The molecule has 0 fully saturated rings. The van der Waals surface area contributed by atoms with Gasteiger partial charge in [-0.3, -0.25) is 9.20 Å². The van der Waals surface area contributed by atoms with Crippen molar-refractivity contribution in [3.05, 3.63) is 53.2 Å². The van der Waals surface area contributed by atoms with Crippen LogP contribution in [0.5, 0.6) is 0 Å². The Morgan fingerprint density at radius 2 is 2.30 bits per heavy atom. The van der Waals surface area contributed by atoms with E-state index in [2.05, 4.69) is 31.2 Å². The van der Waals surface area contributed by atoms with Gasteiger partial charge in [-0.05, 0) is 46.6 Å². The normalized spacial score (nSPS) is 10.8. The maximum atomic E-state index is 11.9. The highest BCUT2D eigenvalue weighted by molar-refractivity contribution is 9.10. The van der Waals surface area contributed by atoms with Crippen LogP contribution in [0.3, 0.4) is 0 Å². The van der Waals surface area contributed by atoms with E-state index in [9.17, 15) is 4.79 Å². The van der Waals surface area contributed by atoms with Gasteiger partial charge in [0, 0.05) is 24.5 Å². The summed E-state index contributed by atoms with van der Waals surface area (Å²) < 4.78 is 2.73. The number of nitrogens with one attached hydrogen (secondary N) is 2. The van der Waals surface area contributed by atoms with Gasteiger partial charge in [0.15, 0.2) is 0 Å². The van der Waals surface area contributed by atoms with Crippen LogP contribution in [0.25, 0.3) is 5.65 Å². The second-order valence-corrected chi connectivity index (χ2v) is 5.28. The van der Waals surface area contributed by atoms with Crippen molar-refractivity contribution in [1.29, 1.82) is 0 Å². The summed E-state index contributed by atoms with van der Waals surface area (Å²) in [4.78, 5) is 19.2. The van der Waals surface area contributed by atoms with Gasteiger partial charge in [0.05, 0.1) is 11.9 Å². The molecule has 0 unspecified atom stereocenters. The minimum atomic E-state index is -0.00446. The predicted molar refractivity (Wildman–Crippen MR) is 80.6 cm³/mol. The number of H-pyrrole nitrogens is 1. The van der Waals surface area contributed by atoms with E-state index in [1.807, 2.05) is 41.1 Å². The van der Waals surface area contributed by atoms with Gasteiger partial charge in [0.1, 0.15) is 10.3 Å². The molecule has 0 aromatic carbocycles. The summed E-state index contributed by atoms with van der Waals surface area (Å²) in [7, 11) is 0. The van der Waals surface area contributed by atoms with E-state index in [4.69, 9.17) is 0 Å². The number of hydrogen-bond donors (Lipinski definition) is 2. The van der Waals surface area contributed by atoms with Gasteiger partial charge >= 0.3 is 0 Å². The van der Waals surface area contributed by atoms with Crippen molar-refractivity contribution in [3.63, 3.8) is 0 Å². The number of pyridine rings is 1. The van der Waals surface area contributed by atoms with Gasteiger partial charge in [-0.15, -0.1) is 0 Å².